The molecule has 4 rings (SSSR count). The second kappa shape index (κ2) is 8.67. The minimum absolute atomic E-state index is 0.285. The molecule has 1 atom stereocenters. The molecule has 5 heteroatoms. The normalized spacial score (nSPS) is 16.8. The van der Waals surface area contributed by atoms with Crippen LogP contribution in [0.3, 0.4) is 0 Å². The SMILES string of the molecule is Cc1ccc(-c2nc(CN(Cc3ccccn3)CC3CCCO3)c(C)o2)cc1. The van der Waals surface area contributed by atoms with Crippen molar-refractivity contribution in [3.05, 3.63) is 71.4 Å². The molecule has 0 radical (unpaired) electrons. The molecule has 1 fully saturated rings. The van der Waals surface area contributed by atoms with Crippen molar-refractivity contribution in [2.24, 2.45) is 0 Å². The second-order valence-electron chi connectivity index (χ2n) is 7.51. The molecule has 2 aromatic heterocycles. The topological polar surface area (TPSA) is 51.4 Å². The smallest absolute Gasteiger partial charge is 0.226 e. The van der Waals surface area contributed by atoms with Crippen LogP contribution in [0.25, 0.3) is 11.5 Å². The molecule has 3 heterocycles. The molecule has 28 heavy (non-hydrogen) atoms. The highest BCUT2D eigenvalue weighted by Gasteiger charge is 2.22. The minimum atomic E-state index is 0.285. The molecule has 1 saturated heterocycles. The first-order valence-corrected chi connectivity index (χ1v) is 9.94. The number of benzene rings is 1. The van der Waals surface area contributed by atoms with Crippen molar-refractivity contribution in [3.63, 3.8) is 0 Å². The highest BCUT2D eigenvalue weighted by Crippen LogP contribution is 2.24. The Labute approximate surface area is 166 Å². The van der Waals surface area contributed by atoms with Crippen molar-refractivity contribution in [2.45, 2.75) is 45.9 Å². The molecule has 146 valence electrons. The van der Waals surface area contributed by atoms with Crippen LogP contribution < -0.4 is 0 Å². The molecule has 1 unspecified atom stereocenters. The van der Waals surface area contributed by atoms with Crippen molar-refractivity contribution in [1.82, 2.24) is 14.9 Å². The standard InChI is InChI=1S/C23H27N3O2/c1-17-8-10-19(11-9-17)23-25-22(18(2)28-23)16-26(15-21-7-5-13-27-21)14-20-6-3-4-12-24-20/h3-4,6,8-12,21H,5,7,13-16H2,1-2H3. The summed E-state index contributed by atoms with van der Waals surface area (Å²) in [6.07, 6.45) is 4.39. The fourth-order valence-corrected chi connectivity index (χ4v) is 3.59. The van der Waals surface area contributed by atoms with E-state index in [1.165, 1.54) is 5.56 Å². The van der Waals surface area contributed by atoms with Crippen LogP contribution in [0.2, 0.25) is 0 Å². The molecule has 0 saturated carbocycles. The molecule has 0 spiro atoms. The predicted molar refractivity (Wildman–Crippen MR) is 109 cm³/mol. The van der Waals surface area contributed by atoms with Gasteiger partial charge in [-0.2, -0.15) is 0 Å². The lowest BCUT2D eigenvalue weighted by molar-refractivity contribution is 0.0669. The number of hydrogen-bond acceptors (Lipinski definition) is 5. The summed E-state index contributed by atoms with van der Waals surface area (Å²) in [7, 11) is 0. The van der Waals surface area contributed by atoms with E-state index < -0.39 is 0 Å². The Hall–Kier alpha value is -2.50. The summed E-state index contributed by atoms with van der Waals surface area (Å²) < 4.78 is 11.8. The Morgan fingerprint density at radius 1 is 1.07 bits per heavy atom. The quantitative estimate of drug-likeness (QED) is 0.605. The van der Waals surface area contributed by atoms with Crippen molar-refractivity contribution in [3.8, 4) is 11.5 Å². The highest BCUT2D eigenvalue weighted by molar-refractivity contribution is 5.54. The van der Waals surface area contributed by atoms with Gasteiger partial charge >= 0.3 is 0 Å². The second-order valence-corrected chi connectivity index (χ2v) is 7.51. The molecular formula is C23H27N3O2. The molecule has 3 aromatic rings. The molecule has 5 nitrogen and oxygen atoms in total. The van der Waals surface area contributed by atoms with Crippen molar-refractivity contribution >= 4 is 0 Å². The van der Waals surface area contributed by atoms with E-state index in [1.807, 2.05) is 25.3 Å². The summed E-state index contributed by atoms with van der Waals surface area (Å²) in [5.74, 6) is 1.55. The van der Waals surface area contributed by atoms with Gasteiger partial charge in [-0.25, -0.2) is 4.98 Å². The van der Waals surface area contributed by atoms with Crippen LogP contribution in [0, 0.1) is 13.8 Å². The van der Waals surface area contributed by atoms with E-state index in [1.54, 1.807) is 0 Å². The lowest BCUT2D eigenvalue weighted by Gasteiger charge is -2.24. The molecule has 1 aliphatic rings. The van der Waals surface area contributed by atoms with Crippen LogP contribution in [0.15, 0.2) is 53.1 Å². The first-order chi connectivity index (χ1) is 13.7. The maximum absolute atomic E-state index is 5.98. The van der Waals surface area contributed by atoms with Crippen LogP contribution in [-0.4, -0.2) is 34.1 Å². The van der Waals surface area contributed by atoms with Crippen LogP contribution in [0.5, 0.6) is 0 Å². The van der Waals surface area contributed by atoms with Crippen molar-refractivity contribution in [1.29, 1.82) is 0 Å². The van der Waals surface area contributed by atoms with Crippen LogP contribution >= 0.6 is 0 Å². The number of nitrogens with zero attached hydrogens (tertiary/aromatic N) is 3. The van der Waals surface area contributed by atoms with E-state index in [0.29, 0.717) is 5.89 Å². The third kappa shape index (κ3) is 4.66. The zero-order valence-electron chi connectivity index (χ0n) is 16.6. The number of aryl methyl sites for hydroxylation is 2. The van der Waals surface area contributed by atoms with Gasteiger partial charge in [0.2, 0.25) is 5.89 Å². The van der Waals surface area contributed by atoms with Gasteiger partial charge in [-0.3, -0.25) is 9.88 Å². The van der Waals surface area contributed by atoms with E-state index >= 15 is 0 Å². The van der Waals surface area contributed by atoms with Crippen molar-refractivity contribution < 1.29 is 9.15 Å². The first-order valence-electron chi connectivity index (χ1n) is 9.94. The summed E-state index contributed by atoms with van der Waals surface area (Å²) in [5, 5.41) is 0. The zero-order chi connectivity index (χ0) is 19.3. The average molecular weight is 377 g/mol. The number of oxazole rings is 1. The number of ether oxygens (including phenoxy) is 1. The molecule has 1 aliphatic heterocycles. The molecular weight excluding hydrogens is 350 g/mol. The molecule has 0 bridgehead atoms. The lowest BCUT2D eigenvalue weighted by Crippen LogP contribution is -2.32. The number of hydrogen-bond donors (Lipinski definition) is 0. The number of rotatable bonds is 7. The predicted octanol–water partition coefficient (Wildman–Crippen LogP) is 4.53. The van der Waals surface area contributed by atoms with Gasteiger partial charge in [0.25, 0.3) is 0 Å². The Morgan fingerprint density at radius 2 is 1.93 bits per heavy atom. The zero-order valence-corrected chi connectivity index (χ0v) is 16.6. The van der Waals surface area contributed by atoms with Gasteiger partial charge in [0, 0.05) is 38.0 Å². The average Bonchev–Trinajstić information content (AvgIpc) is 3.33. The maximum atomic E-state index is 5.98. The lowest BCUT2D eigenvalue weighted by atomic mass is 10.1. The fraction of sp³-hybridized carbons (Fsp3) is 0.391. The molecule has 1 aromatic carbocycles. The summed E-state index contributed by atoms with van der Waals surface area (Å²) >= 11 is 0. The van der Waals surface area contributed by atoms with Crippen LogP contribution in [-0.2, 0) is 17.8 Å². The fourth-order valence-electron chi connectivity index (χ4n) is 3.59. The van der Waals surface area contributed by atoms with Crippen molar-refractivity contribution in [2.75, 3.05) is 13.2 Å². The summed E-state index contributed by atoms with van der Waals surface area (Å²) in [5.41, 5.74) is 4.27. The monoisotopic (exact) mass is 377 g/mol. The Balaban J connectivity index is 1.52. The van der Waals surface area contributed by atoms with Gasteiger partial charge < -0.3 is 9.15 Å². The Morgan fingerprint density at radius 3 is 2.64 bits per heavy atom. The largest absolute Gasteiger partial charge is 0.441 e. The maximum Gasteiger partial charge on any atom is 0.226 e. The van der Waals surface area contributed by atoms with Gasteiger partial charge in [-0.15, -0.1) is 0 Å². The Bertz CT molecular complexity index is 884. The van der Waals surface area contributed by atoms with E-state index in [2.05, 4.69) is 47.1 Å². The number of aromatic nitrogens is 2. The van der Waals surface area contributed by atoms with Gasteiger partial charge in [0.05, 0.1) is 17.5 Å². The third-order valence-corrected chi connectivity index (χ3v) is 5.16. The van der Waals surface area contributed by atoms with E-state index in [4.69, 9.17) is 14.1 Å². The number of pyridine rings is 1. The van der Waals surface area contributed by atoms with Crippen LogP contribution in [0.4, 0.5) is 0 Å². The summed E-state index contributed by atoms with van der Waals surface area (Å²) in [4.78, 5) is 11.7. The molecule has 0 amide bonds. The van der Waals surface area contributed by atoms with E-state index in [9.17, 15) is 0 Å². The van der Waals surface area contributed by atoms with Gasteiger partial charge in [-0.05, 0) is 51.0 Å². The van der Waals surface area contributed by atoms with Gasteiger partial charge in [0.1, 0.15) is 5.76 Å². The van der Waals surface area contributed by atoms with Gasteiger partial charge in [0.15, 0.2) is 0 Å². The third-order valence-electron chi connectivity index (χ3n) is 5.16. The van der Waals surface area contributed by atoms with Crippen LogP contribution in [0.1, 0.15) is 35.6 Å². The van der Waals surface area contributed by atoms with E-state index in [0.717, 1.165) is 61.8 Å². The highest BCUT2D eigenvalue weighted by atomic mass is 16.5. The van der Waals surface area contributed by atoms with E-state index in [-0.39, 0.29) is 6.10 Å². The summed E-state index contributed by atoms with van der Waals surface area (Å²) in [6, 6.07) is 14.3. The Kier molecular flexibility index (Phi) is 5.84. The molecule has 0 N–H and O–H groups in total. The van der Waals surface area contributed by atoms with Gasteiger partial charge in [-0.1, -0.05) is 23.8 Å². The first kappa shape index (κ1) is 18.8. The molecule has 0 aliphatic carbocycles. The summed E-state index contributed by atoms with van der Waals surface area (Å²) in [6.45, 7) is 7.30. The minimum Gasteiger partial charge on any atom is -0.441 e.